The minimum atomic E-state index is -1.03. The van der Waals surface area contributed by atoms with Gasteiger partial charge in [0.05, 0.1) is 5.56 Å². The molecule has 114 valence electrons. The highest BCUT2D eigenvalue weighted by molar-refractivity contribution is 5.91. The first-order valence-electron chi connectivity index (χ1n) is 6.23. The number of carbonyl (C=O) groups is 3. The lowest BCUT2D eigenvalue weighted by molar-refractivity contribution is 0.0697. The Labute approximate surface area is 122 Å². The Balaban J connectivity index is 2.30. The molecule has 1 aromatic carbocycles. The summed E-state index contributed by atoms with van der Waals surface area (Å²) in [6, 6.07) is 5.12. The van der Waals surface area contributed by atoms with Crippen molar-refractivity contribution < 1.29 is 19.5 Å². The van der Waals surface area contributed by atoms with E-state index in [0.717, 1.165) is 0 Å². The van der Waals surface area contributed by atoms with E-state index in [0.29, 0.717) is 12.2 Å². The van der Waals surface area contributed by atoms with Crippen molar-refractivity contribution >= 4 is 23.7 Å². The Morgan fingerprint density at radius 1 is 1.05 bits per heavy atom. The first-order chi connectivity index (χ1) is 9.90. The molecule has 0 heterocycles. The number of amides is 4. The van der Waals surface area contributed by atoms with Gasteiger partial charge in [-0.2, -0.15) is 0 Å². The van der Waals surface area contributed by atoms with Crippen LogP contribution < -0.4 is 16.0 Å². The average Bonchev–Trinajstić information content (AvgIpc) is 2.43. The highest BCUT2D eigenvalue weighted by Gasteiger charge is 2.05. The predicted molar refractivity (Wildman–Crippen MR) is 77.5 cm³/mol. The van der Waals surface area contributed by atoms with Gasteiger partial charge in [-0.3, -0.25) is 0 Å². The summed E-state index contributed by atoms with van der Waals surface area (Å²) in [6.07, 6.45) is 0. The van der Waals surface area contributed by atoms with Gasteiger partial charge in [0.25, 0.3) is 0 Å². The van der Waals surface area contributed by atoms with Crippen LogP contribution in [0.15, 0.2) is 24.3 Å². The van der Waals surface area contributed by atoms with E-state index in [-0.39, 0.29) is 18.1 Å². The maximum absolute atomic E-state index is 11.5. The molecule has 1 rings (SSSR count). The third-order valence-corrected chi connectivity index (χ3v) is 2.48. The normalized spacial score (nSPS) is 9.62. The molecule has 4 N–H and O–H groups in total. The van der Waals surface area contributed by atoms with Crippen molar-refractivity contribution in [2.75, 3.05) is 32.5 Å². The van der Waals surface area contributed by atoms with Gasteiger partial charge in [0.15, 0.2) is 0 Å². The molecule has 0 aliphatic rings. The summed E-state index contributed by atoms with van der Waals surface area (Å²) in [5.74, 6) is -1.03. The van der Waals surface area contributed by atoms with Crippen LogP contribution in [-0.2, 0) is 0 Å². The molecule has 8 nitrogen and oxygen atoms in total. The van der Waals surface area contributed by atoms with Crippen LogP contribution in [-0.4, -0.2) is 55.2 Å². The van der Waals surface area contributed by atoms with E-state index in [9.17, 15) is 14.4 Å². The number of rotatable bonds is 5. The molecule has 0 aromatic heterocycles. The molecular formula is C13H18N4O4. The maximum atomic E-state index is 11.5. The Morgan fingerprint density at radius 3 is 2.14 bits per heavy atom. The average molecular weight is 294 g/mol. The van der Waals surface area contributed by atoms with Crippen molar-refractivity contribution in [1.82, 2.24) is 15.5 Å². The van der Waals surface area contributed by atoms with E-state index in [4.69, 9.17) is 5.11 Å². The molecule has 8 heteroatoms. The number of hydrogen-bond acceptors (Lipinski definition) is 3. The fourth-order valence-electron chi connectivity index (χ4n) is 1.38. The van der Waals surface area contributed by atoms with Gasteiger partial charge in [-0.25, -0.2) is 14.4 Å². The van der Waals surface area contributed by atoms with Crippen LogP contribution in [0.2, 0.25) is 0 Å². The molecular weight excluding hydrogens is 276 g/mol. The zero-order valence-corrected chi connectivity index (χ0v) is 11.8. The molecule has 0 aliphatic carbocycles. The zero-order chi connectivity index (χ0) is 15.8. The number of benzene rings is 1. The lowest BCUT2D eigenvalue weighted by atomic mass is 10.2. The van der Waals surface area contributed by atoms with Crippen molar-refractivity contribution in [1.29, 1.82) is 0 Å². The number of urea groups is 2. The number of carboxylic acids is 1. The SMILES string of the molecule is CN(C)C(=O)NCCNC(=O)Nc1ccc(C(=O)O)cc1. The molecule has 0 fully saturated rings. The second-order valence-corrected chi connectivity index (χ2v) is 4.39. The van der Waals surface area contributed by atoms with E-state index in [2.05, 4.69) is 16.0 Å². The molecule has 21 heavy (non-hydrogen) atoms. The molecule has 0 bridgehead atoms. The second-order valence-electron chi connectivity index (χ2n) is 4.39. The Hall–Kier alpha value is -2.77. The minimum absolute atomic E-state index is 0.146. The number of hydrogen-bond donors (Lipinski definition) is 4. The van der Waals surface area contributed by atoms with E-state index < -0.39 is 12.0 Å². The van der Waals surface area contributed by atoms with Crippen LogP contribution in [0.25, 0.3) is 0 Å². The molecule has 0 unspecified atom stereocenters. The van der Waals surface area contributed by atoms with Crippen molar-refractivity contribution in [2.45, 2.75) is 0 Å². The van der Waals surface area contributed by atoms with Gasteiger partial charge in [-0.1, -0.05) is 0 Å². The zero-order valence-electron chi connectivity index (χ0n) is 11.8. The predicted octanol–water partition coefficient (Wildman–Crippen LogP) is 0.778. The van der Waals surface area contributed by atoms with E-state index in [1.807, 2.05) is 0 Å². The summed E-state index contributed by atoms with van der Waals surface area (Å²) in [5.41, 5.74) is 0.627. The van der Waals surface area contributed by atoms with Crippen LogP contribution in [0.5, 0.6) is 0 Å². The van der Waals surface area contributed by atoms with Crippen molar-refractivity contribution in [3.63, 3.8) is 0 Å². The van der Waals surface area contributed by atoms with E-state index in [1.54, 1.807) is 14.1 Å². The van der Waals surface area contributed by atoms with Crippen molar-refractivity contribution in [2.24, 2.45) is 0 Å². The number of nitrogens with zero attached hydrogens (tertiary/aromatic N) is 1. The molecule has 0 aliphatic heterocycles. The number of carboxylic acid groups (broad SMARTS) is 1. The molecule has 4 amide bonds. The Morgan fingerprint density at radius 2 is 1.62 bits per heavy atom. The van der Waals surface area contributed by atoms with Gasteiger partial charge < -0.3 is 26.0 Å². The van der Waals surface area contributed by atoms with Crippen LogP contribution >= 0.6 is 0 Å². The van der Waals surface area contributed by atoms with E-state index in [1.165, 1.54) is 29.2 Å². The van der Waals surface area contributed by atoms with Crippen molar-refractivity contribution in [3.05, 3.63) is 29.8 Å². The molecule has 1 aromatic rings. The quantitative estimate of drug-likeness (QED) is 0.601. The van der Waals surface area contributed by atoms with Crippen molar-refractivity contribution in [3.8, 4) is 0 Å². The highest BCUT2D eigenvalue weighted by atomic mass is 16.4. The summed E-state index contributed by atoms with van der Waals surface area (Å²) < 4.78 is 0. The van der Waals surface area contributed by atoms with E-state index >= 15 is 0 Å². The van der Waals surface area contributed by atoms with Crippen LogP contribution in [0.3, 0.4) is 0 Å². The number of carbonyl (C=O) groups excluding carboxylic acids is 2. The standard InChI is InChI=1S/C13H18N4O4/c1-17(2)13(21)15-8-7-14-12(20)16-10-5-3-9(4-6-10)11(18)19/h3-6H,7-8H2,1-2H3,(H,15,21)(H,18,19)(H2,14,16,20). The molecule has 0 saturated carbocycles. The van der Waals surface area contributed by atoms with Gasteiger partial charge in [-0.15, -0.1) is 0 Å². The molecule has 0 atom stereocenters. The fourth-order valence-corrected chi connectivity index (χ4v) is 1.38. The lowest BCUT2D eigenvalue weighted by Gasteiger charge is -2.12. The van der Waals surface area contributed by atoms with Gasteiger partial charge in [0.1, 0.15) is 0 Å². The molecule has 0 radical (unpaired) electrons. The number of nitrogens with one attached hydrogen (secondary N) is 3. The maximum Gasteiger partial charge on any atom is 0.335 e. The summed E-state index contributed by atoms with van der Waals surface area (Å²) >= 11 is 0. The summed E-state index contributed by atoms with van der Waals surface area (Å²) in [6.45, 7) is 0.584. The fraction of sp³-hybridized carbons (Fsp3) is 0.308. The monoisotopic (exact) mass is 294 g/mol. The second kappa shape index (κ2) is 7.73. The number of aromatic carboxylic acids is 1. The smallest absolute Gasteiger partial charge is 0.335 e. The summed E-state index contributed by atoms with van der Waals surface area (Å²) in [4.78, 5) is 34.8. The Kier molecular flexibility index (Phi) is 5.99. The van der Waals surface area contributed by atoms with Gasteiger partial charge in [0, 0.05) is 32.9 Å². The Bertz CT molecular complexity index is 513. The largest absolute Gasteiger partial charge is 0.478 e. The minimum Gasteiger partial charge on any atom is -0.478 e. The third kappa shape index (κ3) is 5.81. The highest BCUT2D eigenvalue weighted by Crippen LogP contribution is 2.09. The lowest BCUT2D eigenvalue weighted by Crippen LogP contribution is -2.40. The first-order valence-corrected chi connectivity index (χ1v) is 6.23. The molecule has 0 spiro atoms. The topological polar surface area (TPSA) is 111 Å². The van der Waals surface area contributed by atoms with Crippen LogP contribution in [0.4, 0.5) is 15.3 Å². The third-order valence-electron chi connectivity index (χ3n) is 2.48. The summed E-state index contributed by atoms with van der Waals surface area (Å²) in [7, 11) is 3.24. The van der Waals surface area contributed by atoms with Gasteiger partial charge in [-0.05, 0) is 24.3 Å². The van der Waals surface area contributed by atoms with Crippen LogP contribution in [0.1, 0.15) is 10.4 Å². The summed E-state index contributed by atoms with van der Waals surface area (Å²) in [5, 5.41) is 16.5. The van der Waals surface area contributed by atoms with Crippen LogP contribution in [0, 0.1) is 0 Å². The first kappa shape index (κ1) is 16.3. The van der Waals surface area contributed by atoms with Gasteiger partial charge in [0.2, 0.25) is 0 Å². The number of anilines is 1. The van der Waals surface area contributed by atoms with Gasteiger partial charge >= 0.3 is 18.0 Å². The molecule has 0 saturated heterocycles.